The fourth-order valence-electron chi connectivity index (χ4n) is 3.62. The second-order valence-corrected chi connectivity index (χ2v) is 9.42. The number of nitrogens with zero attached hydrogens (tertiary/aromatic N) is 3. The van der Waals surface area contributed by atoms with Crippen LogP contribution in [-0.2, 0) is 9.53 Å². The zero-order valence-corrected chi connectivity index (χ0v) is 17.5. The van der Waals surface area contributed by atoms with Crippen molar-refractivity contribution in [3.8, 4) is 5.88 Å². The molecule has 8 heteroatoms. The first kappa shape index (κ1) is 20.4. The SMILES string of the molecule is Cc1ccnnc1OCC(C)(C)NC(=O)C1C2CN(C(=O)OC(C)(C)C)C[C@@H]21. The maximum Gasteiger partial charge on any atom is 0.410 e. The summed E-state index contributed by atoms with van der Waals surface area (Å²) in [6, 6.07) is 1.83. The lowest BCUT2D eigenvalue weighted by Crippen LogP contribution is -2.49. The second kappa shape index (κ2) is 7.22. The van der Waals surface area contributed by atoms with Gasteiger partial charge in [0.15, 0.2) is 0 Å². The average Bonchev–Trinajstić information content (AvgIpc) is 3.07. The van der Waals surface area contributed by atoms with Crippen LogP contribution >= 0.6 is 0 Å². The molecule has 1 saturated heterocycles. The number of carbonyl (C=O) groups excluding carboxylic acids is 2. The first-order valence-corrected chi connectivity index (χ1v) is 9.68. The molecule has 2 heterocycles. The zero-order chi connectivity index (χ0) is 20.7. The molecule has 1 aliphatic carbocycles. The molecule has 1 aromatic rings. The van der Waals surface area contributed by atoms with E-state index in [9.17, 15) is 9.59 Å². The molecule has 2 fully saturated rings. The highest BCUT2D eigenvalue weighted by Crippen LogP contribution is 2.52. The maximum absolute atomic E-state index is 12.7. The van der Waals surface area contributed by atoms with Gasteiger partial charge < -0.3 is 19.7 Å². The van der Waals surface area contributed by atoms with Gasteiger partial charge in [0.25, 0.3) is 0 Å². The topological polar surface area (TPSA) is 93.7 Å². The molecule has 2 amide bonds. The summed E-state index contributed by atoms with van der Waals surface area (Å²) in [5, 5.41) is 10.9. The van der Waals surface area contributed by atoms with Crippen molar-refractivity contribution in [1.82, 2.24) is 20.4 Å². The predicted octanol–water partition coefficient (Wildman–Crippen LogP) is 2.17. The van der Waals surface area contributed by atoms with Crippen molar-refractivity contribution in [3.63, 3.8) is 0 Å². The molecule has 0 aromatic carbocycles. The number of hydrogen-bond acceptors (Lipinski definition) is 6. The van der Waals surface area contributed by atoms with Crippen molar-refractivity contribution in [2.75, 3.05) is 19.7 Å². The van der Waals surface area contributed by atoms with Gasteiger partial charge in [0, 0.05) is 24.6 Å². The number of piperidine rings is 1. The van der Waals surface area contributed by atoms with Gasteiger partial charge in [-0.2, -0.15) is 5.10 Å². The number of nitrogens with one attached hydrogen (secondary N) is 1. The normalized spacial score (nSPS) is 23.8. The quantitative estimate of drug-likeness (QED) is 0.828. The van der Waals surface area contributed by atoms with Crippen LogP contribution in [0.1, 0.15) is 40.2 Å². The molecule has 1 aliphatic heterocycles. The molecule has 8 nitrogen and oxygen atoms in total. The number of carbonyl (C=O) groups is 2. The third-order valence-electron chi connectivity index (χ3n) is 5.06. The lowest BCUT2D eigenvalue weighted by molar-refractivity contribution is -0.125. The summed E-state index contributed by atoms with van der Waals surface area (Å²) in [4.78, 5) is 26.5. The van der Waals surface area contributed by atoms with E-state index >= 15 is 0 Å². The van der Waals surface area contributed by atoms with Gasteiger partial charge in [-0.05, 0) is 59.4 Å². The Kier molecular flexibility index (Phi) is 5.25. The summed E-state index contributed by atoms with van der Waals surface area (Å²) in [6.45, 7) is 12.7. The van der Waals surface area contributed by atoms with Crippen molar-refractivity contribution >= 4 is 12.0 Å². The Hall–Kier alpha value is -2.38. The van der Waals surface area contributed by atoms with Crippen molar-refractivity contribution in [1.29, 1.82) is 0 Å². The van der Waals surface area contributed by atoms with Gasteiger partial charge in [-0.1, -0.05) is 0 Å². The molecule has 3 rings (SSSR count). The summed E-state index contributed by atoms with van der Waals surface area (Å²) in [7, 11) is 0. The smallest absolute Gasteiger partial charge is 0.410 e. The number of ether oxygens (including phenoxy) is 2. The van der Waals surface area contributed by atoms with Crippen molar-refractivity contribution in [2.24, 2.45) is 17.8 Å². The van der Waals surface area contributed by atoms with E-state index in [1.807, 2.05) is 47.6 Å². The van der Waals surface area contributed by atoms with Gasteiger partial charge in [-0.15, -0.1) is 5.10 Å². The molecular weight excluding hydrogens is 360 g/mol. The Balaban J connectivity index is 1.46. The average molecular weight is 390 g/mol. The largest absolute Gasteiger partial charge is 0.474 e. The number of amides is 2. The third kappa shape index (κ3) is 4.72. The highest BCUT2D eigenvalue weighted by Gasteiger charge is 2.61. The Morgan fingerprint density at radius 3 is 2.43 bits per heavy atom. The lowest BCUT2D eigenvalue weighted by atomic mass is 10.1. The lowest BCUT2D eigenvalue weighted by Gasteiger charge is -2.28. The Morgan fingerprint density at radius 2 is 1.86 bits per heavy atom. The summed E-state index contributed by atoms with van der Waals surface area (Å²) < 4.78 is 11.1. The van der Waals surface area contributed by atoms with E-state index in [1.165, 1.54) is 0 Å². The van der Waals surface area contributed by atoms with E-state index in [0.717, 1.165) is 5.56 Å². The first-order chi connectivity index (χ1) is 13.0. The highest BCUT2D eigenvalue weighted by atomic mass is 16.6. The van der Waals surface area contributed by atoms with E-state index in [-0.39, 0.29) is 29.8 Å². The first-order valence-electron chi connectivity index (χ1n) is 9.68. The maximum atomic E-state index is 12.7. The summed E-state index contributed by atoms with van der Waals surface area (Å²) in [6.07, 6.45) is 1.31. The fraction of sp³-hybridized carbons (Fsp3) is 0.700. The minimum Gasteiger partial charge on any atom is -0.474 e. The van der Waals surface area contributed by atoms with Gasteiger partial charge >= 0.3 is 6.09 Å². The number of likely N-dealkylation sites (tertiary alicyclic amines) is 1. The van der Waals surface area contributed by atoms with Crippen LogP contribution in [0, 0.1) is 24.7 Å². The molecule has 0 radical (unpaired) electrons. The molecule has 1 aromatic heterocycles. The number of aryl methyl sites for hydroxylation is 1. The van der Waals surface area contributed by atoms with E-state index in [0.29, 0.717) is 25.6 Å². The van der Waals surface area contributed by atoms with Gasteiger partial charge in [0.2, 0.25) is 11.8 Å². The number of rotatable bonds is 5. The van der Waals surface area contributed by atoms with Crippen LogP contribution in [0.3, 0.4) is 0 Å². The van der Waals surface area contributed by atoms with E-state index < -0.39 is 11.1 Å². The highest BCUT2D eigenvalue weighted by molar-refractivity contribution is 5.84. The number of fused-ring (bicyclic) bond motifs is 1. The van der Waals surface area contributed by atoms with Gasteiger partial charge in [0.05, 0.1) is 11.7 Å². The van der Waals surface area contributed by atoms with Crippen LogP contribution in [-0.4, -0.2) is 57.9 Å². The van der Waals surface area contributed by atoms with Crippen LogP contribution in [0.4, 0.5) is 4.79 Å². The molecule has 2 unspecified atom stereocenters. The number of hydrogen-bond donors (Lipinski definition) is 1. The van der Waals surface area contributed by atoms with Crippen molar-refractivity contribution < 1.29 is 19.1 Å². The Labute approximate surface area is 166 Å². The predicted molar refractivity (Wildman–Crippen MR) is 103 cm³/mol. The van der Waals surface area contributed by atoms with Crippen LogP contribution in [0.15, 0.2) is 12.3 Å². The molecular formula is C20H30N4O4. The molecule has 1 N–H and O–H groups in total. The van der Waals surface area contributed by atoms with Gasteiger partial charge in [-0.25, -0.2) is 4.79 Å². The van der Waals surface area contributed by atoms with E-state index in [4.69, 9.17) is 9.47 Å². The monoisotopic (exact) mass is 390 g/mol. The van der Waals surface area contributed by atoms with Crippen molar-refractivity contribution in [2.45, 2.75) is 52.7 Å². The summed E-state index contributed by atoms with van der Waals surface area (Å²) in [5.41, 5.74) is -0.148. The molecule has 2 aliphatic rings. The van der Waals surface area contributed by atoms with Crippen LogP contribution in [0.5, 0.6) is 5.88 Å². The molecule has 154 valence electrons. The fourth-order valence-corrected chi connectivity index (χ4v) is 3.62. The van der Waals surface area contributed by atoms with E-state index in [1.54, 1.807) is 11.1 Å². The summed E-state index contributed by atoms with van der Waals surface area (Å²) in [5.74, 6) is 0.874. The molecule has 1 saturated carbocycles. The van der Waals surface area contributed by atoms with Crippen LogP contribution in [0.2, 0.25) is 0 Å². The second-order valence-electron chi connectivity index (χ2n) is 9.42. The number of aromatic nitrogens is 2. The Bertz CT molecular complexity index is 747. The van der Waals surface area contributed by atoms with E-state index in [2.05, 4.69) is 15.5 Å². The molecule has 3 atom stereocenters. The zero-order valence-electron chi connectivity index (χ0n) is 17.5. The Morgan fingerprint density at radius 1 is 1.21 bits per heavy atom. The van der Waals surface area contributed by atoms with Crippen LogP contribution < -0.4 is 10.1 Å². The minimum absolute atomic E-state index is 0.0170. The van der Waals surface area contributed by atoms with Gasteiger partial charge in [0.1, 0.15) is 12.2 Å². The molecule has 0 spiro atoms. The van der Waals surface area contributed by atoms with Crippen LogP contribution in [0.25, 0.3) is 0 Å². The molecule has 28 heavy (non-hydrogen) atoms. The molecule has 0 bridgehead atoms. The minimum atomic E-state index is -0.539. The van der Waals surface area contributed by atoms with Gasteiger partial charge in [-0.3, -0.25) is 4.79 Å². The third-order valence-corrected chi connectivity index (χ3v) is 5.06. The van der Waals surface area contributed by atoms with Crippen molar-refractivity contribution in [3.05, 3.63) is 17.8 Å². The summed E-state index contributed by atoms with van der Waals surface area (Å²) >= 11 is 0. The standard InChI is InChI=1S/C20H30N4O4/c1-12-7-8-21-23-17(12)27-11-20(5,6)22-16(25)15-13-9-24(10-14(13)15)18(26)28-19(2,3)4/h7-8,13-15H,9-11H2,1-6H3,(H,22,25)/t13-,14?,15?/m0/s1.